The van der Waals surface area contributed by atoms with E-state index in [2.05, 4.69) is 29.5 Å². The molecular formula is C15H25N3O. The van der Waals surface area contributed by atoms with Crippen molar-refractivity contribution in [2.45, 2.75) is 40.0 Å². The molecule has 4 N–H and O–H groups in total. The zero-order valence-corrected chi connectivity index (χ0v) is 12.1. The highest BCUT2D eigenvalue weighted by atomic mass is 16.4. The Balaban J connectivity index is 2.27. The standard InChI is InChI=1S/C15H25N3O/c1-12-8-4-5-9-13(12)17-11-7-6-10-15(2,3)14(16)18-19/h4-5,8-9,17,19H,6-7,10-11H2,1-3H3,(H2,16,18). The fourth-order valence-corrected chi connectivity index (χ4v) is 1.95. The van der Waals surface area contributed by atoms with Gasteiger partial charge in [0.2, 0.25) is 0 Å². The smallest absolute Gasteiger partial charge is 0.144 e. The summed E-state index contributed by atoms with van der Waals surface area (Å²) in [6, 6.07) is 8.27. The summed E-state index contributed by atoms with van der Waals surface area (Å²) in [5.41, 5.74) is 7.88. The molecule has 19 heavy (non-hydrogen) atoms. The molecule has 0 fully saturated rings. The maximum absolute atomic E-state index is 8.70. The number of aryl methyl sites for hydroxylation is 1. The van der Waals surface area contributed by atoms with Crippen LogP contribution in [0.1, 0.15) is 38.7 Å². The number of anilines is 1. The fourth-order valence-electron chi connectivity index (χ4n) is 1.95. The molecule has 0 atom stereocenters. The van der Waals surface area contributed by atoms with Crippen LogP contribution in [0, 0.1) is 12.3 Å². The Morgan fingerprint density at radius 2 is 2.00 bits per heavy atom. The lowest BCUT2D eigenvalue weighted by Crippen LogP contribution is -2.31. The molecule has 0 aliphatic carbocycles. The minimum Gasteiger partial charge on any atom is -0.409 e. The summed E-state index contributed by atoms with van der Waals surface area (Å²) in [6.07, 6.45) is 3.02. The fraction of sp³-hybridized carbons (Fsp3) is 0.533. The Bertz CT molecular complexity index is 427. The van der Waals surface area contributed by atoms with Crippen LogP contribution in [0.15, 0.2) is 29.4 Å². The molecule has 0 spiro atoms. The average Bonchev–Trinajstić information content (AvgIpc) is 2.39. The van der Waals surface area contributed by atoms with E-state index in [-0.39, 0.29) is 5.41 Å². The number of benzene rings is 1. The SMILES string of the molecule is Cc1ccccc1NCCCCC(C)(C)/C(N)=N/O. The molecule has 1 rings (SSSR count). The van der Waals surface area contributed by atoms with Crippen molar-refractivity contribution in [2.24, 2.45) is 16.3 Å². The maximum Gasteiger partial charge on any atom is 0.144 e. The predicted molar refractivity (Wildman–Crippen MR) is 80.7 cm³/mol. The molecule has 4 heteroatoms. The molecule has 0 aliphatic rings. The molecule has 0 unspecified atom stereocenters. The van der Waals surface area contributed by atoms with Gasteiger partial charge in [0.1, 0.15) is 5.84 Å². The molecule has 0 radical (unpaired) electrons. The van der Waals surface area contributed by atoms with Crippen molar-refractivity contribution in [3.8, 4) is 0 Å². The van der Waals surface area contributed by atoms with Gasteiger partial charge in [0.05, 0.1) is 0 Å². The van der Waals surface area contributed by atoms with Crippen molar-refractivity contribution < 1.29 is 5.21 Å². The minimum atomic E-state index is -0.239. The van der Waals surface area contributed by atoms with E-state index in [1.54, 1.807) is 0 Å². The third-order valence-corrected chi connectivity index (χ3v) is 3.49. The second kappa shape index (κ2) is 7.02. The molecule has 0 aliphatic heterocycles. The number of nitrogens with one attached hydrogen (secondary N) is 1. The van der Waals surface area contributed by atoms with E-state index in [9.17, 15) is 0 Å². The van der Waals surface area contributed by atoms with Crippen LogP contribution >= 0.6 is 0 Å². The molecule has 0 bridgehead atoms. The van der Waals surface area contributed by atoms with Gasteiger partial charge >= 0.3 is 0 Å². The highest BCUT2D eigenvalue weighted by Crippen LogP contribution is 2.23. The second-order valence-electron chi connectivity index (χ2n) is 5.57. The summed E-state index contributed by atoms with van der Waals surface area (Å²) >= 11 is 0. The van der Waals surface area contributed by atoms with E-state index >= 15 is 0 Å². The number of unbranched alkanes of at least 4 members (excludes halogenated alkanes) is 1. The van der Waals surface area contributed by atoms with Gasteiger partial charge in [-0.25, -0.2) is 0 Å². The molecule has 1 aromatic carbocycles. The van der Waals surface area contributed by atoms with Crippen molar-refractivity contribution in [2.75, 3.05) is 11.9 Å². The Hall–Kier alpha value is -1.71. The number of hydrogen-bond donors (Lipinski definition) is 3. The predicted octanol–water partition coefficient (Wildman–Crippen LogP) is 3.35. The van der Waals surface area contributed by atoms with Crippen LogP contribution in [-0.4, -0.2) is 17.6 Å². The summed E-state index contributed by atoms with van der Waals surface area (Å²) in [5, 5.41) is 15.2. The van der Waals surface area contributed by atoms with Crippen LogP contribution in [0.25, 0.3) is 0 Å². The zero-order valence-electron chi connectivity index (χ0n) is 12.1. The number of rotatable bonds is 7. The van der Waals surface area contributed by atoms with Gasteiger partial charge < -0.3 is 16.3 Å². The van der Waals surface area contributed by atoms with Crippen molar-refractivity contribution in [1.29, 1.82) is 0 Å². The van der Waals surface area contributed by atoms with E-state index in [0.717, 1.165) is 25.8 Å². The van der Waals surface area contributed by atoms with Crippen LogP contribution in [-0.2, 0) is 0 Å². The van der Waals surface area contributed by atoms with Crippen molar-refractivity contribution in [3.63, 3.8) is 0 Å². The second-order valence-corrected chi connectivity index (χ2v) is 5.57. The lowest BCUT2D eigenvalue weighted by molar-refractivity contribution is 0.304. The van der Waals surface area contributed by atoms with Gasteiger partial charge in [-0.3, -0.25) is 0 Å². The van der Waals surface area contributed by atoms with Crippen LogP contribution in [0.3, 0.4) is 0 Å². The summed E-state index contributed by atoms with van der Waals surface area (Å²) in [6.45, 7) is 7.04. The Morgan fingerprint density at radius 1 is 1.32 bits per heavy atom. The normalized spacial score (nSPS) is 12.5. The molecule has 0 saturated heterocycles. The van der Waals surface area contributed by atoms with Gasteiger partial charge in [-0.15, -0.1) is 0 Å². The van der Waals surface area contributed by atoms with Gasteiger partial charge in [0.15, 0.2) is 0 Å². The quantitative estimate of drug-likeness (QED) is 0.232. The van der Waals surface area contributed by atoms with Crippen LogP contribution in [0.2, 0.25) is 0 Å². The first kappa shape index (κ1) is 15.3. The van der Waals surface area contributed by atoms with Crippen molar-refractivity contribution in [3.05, 3.63) is 29.8 Å². The van der Waals surface area contributed by atoms with E-state index in [4.69, 9.17) is 10.9 Å². The van der Waals surface area contributed by atoms with Crippen LogP contribution in [0.5, 0.6) is 0 Å². The number of nitrogens with zero attached hydrogens (tertiary/aromatic N) is 1. The number of nitrogens with two attached hydrogens (primary N) is 1. The molecule has 0 saturated carbocycles. The van der Waals surface area contributed by atoms with E-state index in [1.165, 1.54) is 11.3 Å². The summed E-state index contributed by atoms with van der Waals surface area (Å²) in [7, 11) is 0. The number of para-hydroxylation sites is 1. The van der Waals surface area contributed by atoms with Crippen LogP contribution in [0.4, 0.5) is 5.69 Å². The zero-order chi connectivity index (χ0) is 14.3. The van der Waals surface area contributed by atoms with Gasteiger partial charge in [-0.05, 0) is 31.4 Å². The molecular weight excluding hydrogens is 238 g/mol. The van der Waals surface area contributed by atoms with E-state index in [1.807, 2.05) is 26.0 Å². The largest absolute Gasteiger partial charge is 0.409 e. The minimum absolute atomic E-state index is 0.239. The molecule has 1 aromatic rings. The first-order valence-corrected chi connectivity index (χ1v) is 6.75. The third-order valence-electron chi connectivity index (χ3n) is 3.49. The first-order chi connectivity index (χ1) is 8.97. The lowest BCUT2D eigenvalue weighted by Gasteiger charge is -2.22. The number of amidine groups is 1. The topological polar surface area (TPSA) is 70.6 Å². The number of oxime groups is 1. The Kier molecular flexibility index (Phi) is 5.67. The monoisotopic (exact) mass is 263 g/mol. The molecule has 0 heterocycles. The van der Waals surface area contributed by atoms with Gasteiger partial charge in [-0.1, -0.05) is 43.6 Å². The Morgan fingerprint density at radius 3 is 2.63 bits per heavy atom. The van der Waals surface area contributed by atoms with Gasteiger partial charge in [0, 0.05) is 17.6 Å². The van der Waals surface area contributed by atoms with E-state index < -0.39 is 0 Å². The van der Waals surface area contributed by atoms with Crippen molar-refractivity contribution in [1.82, 2.24) is 0 Å². The first-order valence-electron chi connectivity index (χ1n) is 6.75. The van der Waals surface area contributed by atoms with Crippen LogP contribution < -0.4 is 11.1 Å². The highest BCUT2D eigenvalue weighted by Gasteiger charge is 2.22. The third kappa shape index (κ3) is 4.81. The molecule has 0 aromatic heterocycles. The lowest BCUT2D eigenvalue weighted by atomic mass is 9.86. The Labute approximate surface area is 115 Å². The van der Waals surface area contributed by atoms with Gasteiger partial charge in [-0.2, -0.15) is 0 Å². The molecule has 106 valence electrons. The average molecular weight is 263 g/mol. The number of hydrogen-bond acceptors (Lipinski definition) is 3. The summed E-state index contributed by atoms with van der Waals surface area (Å²) < 4.78 is 0. The summed E-state index contributed by atoms with van der Waals surface area (Å²) in [5.74, 6) is 0.305. The molecule has 4 nitrogen and oxygen atoms in total. The maximum atomic E-state index is 8.70. The van der Waals surface area contributed by atoms with Crippen molar-refractivity contribution >= 4 is 11.5 Å². The summed E-state index contributed by atoms with van der Waals surface area (Å²) in [4.78, 5) is 0. The molecule has 0 amide bonds. The highest BCUT2D eigenvalue weighted by molar-refractivity contribution is 5.85. The van der Waals surface area contributed by atoms with Gasteiger partial charge in [0.25, 0.3) is 0 Å². The van der Waals surface area contributed by atoms with E-state index in [0.29, 0.717) is 5.84 Å².